The van der Waals surface area contributed by atoms with E-state index in [-0.39, 0.29) is 5.75 Å². The summed E-state index contributed by atoms with van der Waals surface area (Å²) in [6.45, 7) is 4.32. The number of rotatable bonds is 6. The van der Waals surface area contributed by atoms with E-state index in [4.69, 9.17) is 9.47 Å². The number of aldehydes is 1. The van der Waals surface area contributed by atoms with Gasteiger partial charge in [0.25, 0.3) is 0 Å². The lowest BCUT2D eigenvalue weighted by molar-refractivity contribution is 0.111. The second-order valence-electron chi connectivity index (χ2n) is 4.09. The molecule has 0 saturated carbocycles. The minimum atomic E-state index is 0.0151. The van der Waals surface area contributed by atoms with Crippen molar-refractivity contribution in [1.29, 1.82) is 0 Å². The monoisotopic (exact) mass is 252 g/mol. The van der Waals surface area contributed by atoms with Crippen molar-refractivity contribution >= 4 is 6.29 Å². The predicted molar refractivity (Wildman–Crippen MR) is 69.7 cm³/mol. The first-order valence-electron chi connectivity index (χ1n) is 5.97. The Morgan fingerprint density at radius 2 is 1.94 bits per heavy atom. The topological polar surface area (TPSA) is 55.8 Å². The number of hydrogen-bond donors (Lipinski definition) is 1. The minimum Gasteiger partial charge on any atom is -0.507 e. The average Bonchev–Trinajstić information content (AvgIpc) is 2.38. The van der Waals surface area contributed by atoms with Crippen LogP contribution in [0.5, 0.6) is 11.5 Å². The number of carbonyl (C=O) groups is 1. The second kappa shape index (κ2) is 6.40. The van der Waals surface area contributed by atoms with Gasteiger partial charge in [0.1, 0.15) is 11.5 Å². The van der Waals surface area contributed by atoms with E-state index < -0.39 is 0 Å². The van der Waals surface area contributed by atoms with Gasteiger partial charge in [-0.2, -0.15) is 0 Å². The molecule has 1 N–H and O–H groups in total. The van der Waals surface area contributed by atoms with Crippen molar-refractivity contribution in [3.05, 3.63) is 22.3 Å². The van der Waals surface area contributed by atoms with Crippen LogP contribution in [0.1, 0.15) is 34.0 Å². The Balaban J connectivity index is 3.49. The van der Waals surface area contributed by atoms with E-state index in [0.29, 0.717) is 42.6 Å². The van der Waals surface area contributed by atoms with E-state index in [1.807, 2.05) is 13.8 Å². The van der Waals surface area contributed by atoms with Crippen LogP contribution in [-0.2, 0) is 17.6 Å². The summed E-state index contributed by atoms with van der Waals surface area (Å²) in [5.41, 5.74) is 2.74. The Labute approximate surface area is 108 Å². The minimum absolute atomic E-state index is 0.0151. The molecule has 0 atom stereocenters. The maximum atomic E-state index is 11.2. The predicted octanol–water partition coefficient (Wildman–Crippen LogP) is 2.27. The third-order valence-electron chi connectivity index (χ3n) is 3.17. The normalized spacial score (nSPS) is 10.4. The van der Waals surface area contributed by atoms with E-state index in [1.54, 1.807) is 14.2 Å². The molecule has 4 nitrogen and oxygen atoms in total. The molecule has 0 aliphatic carbocycles. The van der Waals surface area contributed by atoms with Crippen LogP contribution >= 0.6 is 0 Å². The van der Waals surface area contributed by atoms with Gasteiger partial charge in [0.2, 0.25) is 0 Å². The molecular formula is C14H20O4. The van der Waals surface area contributed by atoms with Crippen molar-refractivity contribution in [2.24, 2.45) is 0 Å². The summed E-state index contributed by atoms with van der Waals surface area (Å²) in [6.07, 6.45) is 1.89. The van der Waals surface area contributed by atoms with Crippen LogP contribution in [0.25, 0.3) is 0 Å². The molecule has 0 unspecified atom stereocenters. The lowest BCUT2D eigenvalue weighted by atomic mass is 9.93. The summed E-state index contributed by atoms with van der Waals surface area (Å²) in [5.74, 6) is 0.661. The van der Waals surface area contributed by atoms with Crippen molar-refractivity contribution in [2.45, 2.75) is 26.7 Å². The van der Waals surface area contributed by atoms with Crippen molar-refractivity contribution in [3.8, 4) is 11.5 Å². The number of benzene rings is 1. The highest BCUT2D eigenvalue weighted by Crippen LogP contribution is 2.38. The average molecular weight is 252 g/mol. The Morgan fingerprint density at radius 3 is 2.39 bits per heavy atom. The molecular weight excluding hydrogens is 232 g/mol. The first-order valence-corrected chi connectivity index (χ1v) is 5.97. The van der Waals surface area contributed by atoms with Gasteiger partial charge in [0.15, 0.2) is 6.29 Å². The number of aromatic hydroxyl groups is 1. The first kappa shape index (κ1) is 14.5. The van der Waals surface area contributed by atoms with Crippen LogP contribution in [0.4, 0.5) is 0 Å². The number of phenolic OH excluding ortho intramolecular Hbond substituents is 1. The molecule has 100 valence electrons. The molecule has 0 saturated heterocycles. The number of ether oxygens (including phenoxy) is 2. The highest BCUT2D eigenvalue weighted by Gasteiger charge is 2.20. The zero-order valence-corrected chi connectivity index (χ0v) is 11.4. The van der Waals surface area contributed by atoms with E-state index >= 15 is 0 Å². The van der Waals surface area contributed by atoms with E-state index in [0.717, 1.165) is 11.1 Å². The first-order chi connectivity index (χ1) is 8.62. The molecule has 0 aromatic heterocycles. The number of carbonyl (C=O) groups excluding carboxylic acids is 1. The molecule has 0 aliphatic heterocycles. The quantitative estimate of drug-likeness (QED) is 0.789. The van der Waals surface area contributed by atoms with Gasteiger partial charge in [0, 0.05) is 19.1 Å². The smallest absolute Gasteiger partial charge is 0.154 e. The maximum Gasteiger partial charge on any atom is 0.154 e. The molecule has 0 fully saturated rings. The fraction of sp³-hybridized carbons (Fsp3) is 0.500. The van der Waals surface area contributed by atoms with Gasteiger partial charge in [-0.3, -0.25) is 4.79 Å². The summed E-state index contributed by atoms with van der Waals surface area (Å²) in [4.78, 5) is 11.2. The molecule has 0 heterocycles. The summed E-state index contributed by atoms with van der Waals surface area (Å²) < 4.78 is 10.4. The molecule has 0 amide bonds. The van der Waals surface area contributed by atoms with Gasteiger partial charge in [0.05, 0.1) is 19.3 Å². The van der Waals surface area contributed by atoms with Gasteiger partial charge in [-0.15, -0.1) is 0 Å². The summed E-state index contributed by atoms with van der Waals surface area (Å²) in [7, 11) is 3.16. The fourth-order valence-electron chi connectivity index (χ4n) is 2.27. The Bertz CT molecular complexity index is 438. The zero-order chi connectivity index (χ0) is 13.7. The second-order valence-corrected chi connectivity index (χ2v) is 4.09. The SMILES string of the molecule is CCc1c(C)c(OC)c(CCOC)c(O)c1C=O. The molecule has 1 rings (SSSR count). The largest absolute Gasteiger partial charge is 0.507 e. The number of methoxy groups -OCH3 is 2. The zero-order valence-electron chi connectivity index (χ0n) is 11.4. The molecule has 0 spiro atoms. The van der Waals surface area contributed by atoms with E-state index in [9.17, 15) is 9.90 Å². The molecule has 18 heavy (non-hydrogen) atoms. The Kier molecular flexibility index (Phi) is 5.16. The van der Waals surface area contributed by atoms with Gasteiger partial charge in [-0.25, -0.2) is 0 Å². The third kappa shape index (κ3) is 2.48. The van der Waals surface area contributed by atoms with Crippen LogP contribution in [0, 0.1) is 6.92 Å². The fourth-order valence-corrected chi connectivity index (χ4v) is 2.27. The molecule has 0 bridgehead atoms. The van der Waals surface area contributed by atoms with Gasteiger partial charge in [-0.1, -0.05) is 6.92 Å². The van der Waals surface area contributed by atoms with Crippen molar-refractivity contribution in [2.75, 3.05) is 20.8 Å². The van der Waals surface area contributed by atoms with Crippen LogP contribution < -0.4 is 4.74 Å². The highest BCUT2D eigenvalue weighted by atomic mass is 16.5. The van der Waals surface area contributed by atoms with Crippen LogP contribution in [0.2, 0.25) is 0 Å². The summed E-state index contributed by atoms with van der Waals surface area (Å²) >= 11 is 0. The summed E-state index contributed by atoms with van der Waals surface area (Å²) in [5, 5.41) is 10.2. The Morgan fingerprint density at radius 1 is 1.28 bits per heavy atom. The molecule has 0 aliphatic rings. The third-order valence-corrected chi connectivity index (χ3v) is 3.17. The highest BCUT2D eigenvalue weighted by molar-refractivity contribution is 5.84. The van der Waals surface area contributed by atoms with Crippen LogP contribution in [0.3, 0.4) is 0 Å². The van der Waals surface area contributed by atoms with Gasteiger partial charge in [-0.05, 0) is 24.5 Å². The maximum absolute atomic E-state index is 11.2. The van der Waals surface area contributed by atoms with Gasteiger partial charge >= 0.3 is 0 Å². The molecule has 0 radical (unpaired) electrons. The number of phenols is 1. The Hall–Kier alpha value is -1.55. The van der Waals surface area contributed by atoms with Crippen molar-refractivity contribution < 1.29 is 19.4 Å². The van der Waals surface area contributed by atoms with Crippen LogP contribution in [-0.4, -0.2) is 32.2 Å². The van der Waals surface area contributed by atoms with E-state index in [2.05, 4.69) is 0 Å². The van der Waals surface area contributed by atoms with E-state index in [1.165, 1.54) is 0 Å². The molecule has 1 aromatic rings. The van der Waals surface area contributed by atoms with Gasteiger partial charge < -0.3 is 14.6 Å². The lowest BCUT2D eigenvalue weighted by Crippen LogP contribution is -2.06. The standard InChI is InChI=1S/C14H20O4/c1-5-10-9(2)14(18-4)11(6-7-17-3)13(16)12(10)8-15/h8,16H,5-7H2,1-4H3. The van der Waals surface area contributed by atoms with Crippen LogP contribution in [0.15, 0.2) is 0 Å². The molecule has 4 heteroatoms. The number of hydrogen-bond acceptors (Lipinski definition) is 4. The van der Waals surface area contributed by atoms with Crippen molar-refractivity contribution in [3.63, 3.8) is 0 Å². The van der Waals surface area contributed by atoms with Crippen molar-refractivity contribution in [1.82, 2.24) is 0 Å². The lowest BCUT2D eigenvalue weighted by Gasteiger charge is -2.18. The molecule has 1 aromatic carbocycles. The summed E-state index contributed by atoms with van der Waals surface area (Å²) in [6, 6.07) is 0.